The summed E-state index contributed by atoms with van der Waals surface area (Å²) in [5, 5.41) is 7.13. The average molecular weight is 634 g/mol. The fourth-order valence-corrected chi connectivity index (χ4v) is 7.79. The van der Waals surface area contributed by atoms with Gasteiger partial charge in [-0.25, -0.2) is 9.35 Å². The van der Waals surface area contributed by atoms with Crippen molar-refractivity contribution < 1.29 is 9.47 Å². The maximum atomic E-state index is 5.74. The quantitative estimate of drug-likeness (QED) is 0.189. The Kier molecular flexibility index (Phi) is 5.94. The van der Waals surface area contributed by atoms with Crippen LogP contribution in [0.4, 0.5) is 0 Å². The Hall–Kier alpha value is -6.46. The van der Waals surface area contributed by atoms with Crippen molar-refractivity contribution in [2.75, 3.05) is 14.2 Å². The van der Waals surface area contributed by atoms with Gasteiger partial charge in [0.2, 0.25) is 0 Å². The van der Waals surface area contributed by atoms with Crippen LogP contribution in [-0.2, 0) is 0 Å². The molecule has 49 heavy (non-hydrogen) atoms. The molecule has 0 aliphatic rings. The number of aromatic nitrogens is 3. The molecule has 0 saturated heterocycles. The van der Waals surface area contributed by atoms with Crippen molar-refractivity contribution >= 4 is 65.4 Å². The first-order chi connectivity index (χ1) is 24.2. The first-order valence-electron chi connectivity index (χ1n) is 16.5. The van der Waals surface area contributed by atoms with Crippen LogP contribution in [0.15, 0.2) is 152 Å². The van der Waals surface area contributed by atoms with E-state index in [-0.39, 0.29) is 0 Å². The van der Waals surface area contributed by atoms with E-state index in [1.54, 1.807) is 14.2 Å². The number of ether oxygens (including phenoxy) is 2. The number of hydrogen-bond acceptors (Lipinski definition) is 2. The first kappa shape index (κ1) is 27.6. The molecule has 0 aliphatic carbocycles. The number of methoxy groups -OCH3 is 2. The maximum absolute atomic E-state index is 5.74. The van der Waals surface area contributed by atoms with Gasteiger partial charge >= 0.3 is 0 Å². The molecule has 3 aromatic heterocycles. The maximum Gasteiger partial charge on any atom is 0.119 e. The first-order valence-corrected chi connectivity index (χ1v) is 16.5. The van der Waals surface area contributed by atoms with E-state index in [1.165, 1.54) is 21.5 Å². The number of fused-ring (bicyclic) bond motifs is 9. The van der Waals surface area contributed by atoms with Crippen molar-refractivity contribution in [1.82, 2.24) is 13.9 Å². The minimum Gasteiger partial charge on any atom is -0.497 e. The molecule has 0 radical (unpaired) electrons. The normalized spacial score (nSPS) is 11.9. The van der Waals surface area contributed by atoms with Gasteiger partial charge in [-0.1, -0.05) is 66.7 Å². The van der Waals surface area contributed by atoms with Gasteiger partial charge in [-0.2, -0.15) is 0 Å². The van der Waals surface area contributed by atoms with E-state index in [1.807, 2.05) is 6.07 Å². The molecule has 0 bridgehead atoms. The van der Waals surface area contributed by atoms with Gasteiger partial charge in [-0.3, -0.25) is 0 Å². The highest BCUT2D eigenvalue weighted by atomic mass is 16.5. The molecule has 0 spiro atoms. The lowest BCUT2D eigenvalue weighted by Gasteiger charge is -2.13. The lowest BCUT2D eigenvalue weighted by Crippen LogP contribution is -2.08. The molecule has 0 amide bonds. The van der Waals surface area contributed by atoms with E-state index in [2.05, 4.69) is 160 Å². The minimum atomic E-state index is 0.836. The van der Waals surface area contributed by atoms with Crippen LogP contribution >= 0.6 is 0 Å². The zero-order valence-electron chi connectivity index (χ0n) is 27.1. The largest absolute Gasteiger partial charge is 0.497 e. The number of benzene rings is 7. The second kappa shape index (κ2) is 10.5. The third-order valence-corrected chi connectivity index (χ3v) is 10.0. The van der Waals surface area contributed by atoms with Gasteiger partial charge in [0.05, 0.1) is 47.3 Å². The standard InChI is InChI=1S/C44H31N3O2/c1-48-31-18-22-40-37(26-31)35-24-28(16-20-39(35)45(40)30-10-4-3-5-11-30)29-17-21-43-36(25-29)38-27-32(49-2)19-23-44(38)47(43)46-41-14-8-6-12-33(41)34-13-7-9-15-42(34)46/h3-27H,1-2H3. The molecule has 10 aromatic rings. The third kappa shape index (κ3) is 3.99. The number of para-hydroxylation sites is 3. The summed E-state index contributed by atoms with van der Waals surface area (Å²) in [5.74, 6) is 1.68. The fourth-order valence-electron chi connectivity index (χ4n) is 7.79. The molecule has 234 valence electrons. The zero-order valence-corrected chi connectivity index (χ0v) is 27.1. The summed E-state index contributed by atoms with van der Waals surface area (Å²) >= 11 is 0. The van der Waals surface area contributed by atoms with E-state index >= 15 is 0 Å². The summed E-state index contributed by atoms with van der Waals surface area (Å²) in [6.07, 6.45) is 0. The number of nitrogens with zero attached hydrogens (tertiary/aromatic N) is 3. The van der Waals surface area contributed by atoms with Crippen LogP contribution in [-0.4, -0.2) is 28.1 Å². The average Bonchev–Trinajstić information content (AvgIpc) is 3.79. The molecular formula is C44H31N3O2. The van der Waals surface area contributed by atoms with Crippen LogP contribution < -0.4 is 9.47 Å². The van der Waals surface area contributed by atoms with Crippen molar-refractivity contribution in [3.63, 3.8) is 0 Å². The predicted octanol–water partition coefficient (Wildman–Crippen LogP) is 11.0. The van der Waals surface area contributed by atoms with E-state index in [4.69, 9.17) is 9.47 Å². The molecule has 5 heteroatoms. The monoisotopic (exact) mass is 633 g/mol. The Balaban J connectivity index is 1.24. The van der Waals surface area contributed by atoms with Crippen molar-refractivity contribution in [2.45, 2.75) is 0 Å². The van der Waals surface area contributed by atoms with Crippen LogP contribution in [0.5, 0.6) is 11.5 Å². The minimum absolute atomic E-state index is 0.836. The molecular weight excluding hydrogens is 603 g/mol. The second-order valence-corrected chi connectivity index (χ2v) is 12.6. The summed E-state index contributed by atoms with van der Waals surface area (Å²) in [4.78, 5) is 0. The molecule has 0 unspecified atom stereocenters. The molecule has 0 aliphatic heterocycles. The van der Waals surface area contributed by atoms with Crippen LogP contribution in [0.1, 0.15) is 0 Å². The summed E-state index contributed by atoms with van der Waals surface area (Å²) in [6.45, 7) is 0. The highest BCUT2D eigenvalue weighted by Gasteiger charge is 2.19. The topological polar surface area (TPSA) is 33.2 Å². The van der Waals surface area contributed by atoms with Crippen molar-refractivity contribution in [2.24, 2.45) is 0 Å². The number of rotatable bonds is 5. The fraction of sp³-hybridized carbons (Fsp3) is 0.0455. The second-order valence-electron chi connectivity index (χ2n) is 12.6. The Morgan fingerprint density at radius 1 is 0.347 bits per heavy atom. The molecule has 10 rings (SSSR count). The van der Waals surface area contributed by atoms with Gasteiger partial charge in [0.1, 0.15) is 11.5 Å². The van der Waals surface area contributed by atoms with Crippen molar-refractivity contribution in [3.8, 4) is 28.3 Å². The molecule has 0 fully saturated rings. The van der Waals surface area contributed by atoms with Crippen LogP contribution in [0.2, 0.25) is 0 Å². The Labute approximate surface area is 282 Å². The van der Waals surface area contributed by atoms with Crippen LogP contribution in [0.25, 0.3) is 82.2 Å². The summed E-state index contributed by atoms with van der Waals surface area (Å²) in [6, 6.07) is 54.3. The Morgan fingerprint density at radius 2 is 0.755 bits per heavy atom. The molecule has 5 nitrogen and oxygen atoms in total. The van der Waals surface area contributed by atoms with Gasteiger partial charge in [0, 0.05) is 38.0 Å². The lowest BCUT2D eigenvalue weighted by molar-refractivity contribution is 0.415. The SMILES string of the molecule is COc1ccc2c(c1)c1cc(-c3ccc4c(c3)c3cc(OC)ccc3n4-n3c4ccccc4c4ccccc43)ccc1n2-c1ccccc1. The molecule has 7 aromatic carbocycles. The molecule has 0 saturated carbocycles. The molecule has 0 atom stereocenters. The predicted molar refractivity (Wildman–Crippen MR) is 203 cm³/mol. The van der Waals surface area contributed by atoms with Gasteiger partial charge in [-0.15, -0.1) is 0 Å². The Bertz CT molecular complexity index is 2860. The van der Waals surface area contributed by atoms with Gasteiger partial charge in [-0.05, 0) is 96.1 Å². The van der Waals surface area contributed by atoms with Gasteiger partial charge in [0.25, 0.3) is 0 Å². The van der Waals surface area contributed by atoms with E-state index in [9.17, 15) is 0 Å². The zero-order chi connectivity index (χ0) is 32.6. The lowest BCUT2D eigenvalue weighted by atomic mass is 10.0. The van der Waals surface area contributed by atoms with E-state index in [0.29, 0.717) is 0 Å². The summed E-state index contributed by atoms with van der Waals surface area (Å²) in [7, 11) is 3.46. The van der Waals surface area contributed by atoms with Crippen LogP contribution in [0, 0.1) is 0 Å². The summed E-state index contributed by atoms with van der Waals surface area (Å²) in [5.41, 5.74) is 10.3. The molecule has 3 heterocycles. The highest BCUT2D eigenvalue weighted by Crippen LogP contribution is 2.40. The van der Waals surface area contributed by atoms with Crippen molar-refractivity contribution in [1.29, 1.82) is 0 Å². The van der Waals surface area contributed by atoms with E-state index in [0.717, 1.165) is 72.2 Å². The third-order valence-electron chi connectivity index (χ3n) is 10.0. The summed E-state index contributed by atoms with van der Waals surface area (Å²) < 4.78 is 18.5. The van der Waals surface area contributed by atoms with E-state index < -0.39 is 0 Å². The van der Waals surface area contributed by atoms with Gasteiger partial charge < -0.3 is 14.0 Å². The smallest absolute Gasteiger partial charge is 0.119 e. The Morgan fingerprint density at radius 3 is 1.33 bits per heavy atom. The number of hydrogen-bond donors (Lipinski definition) is 0. The van der Waals surface area contributed by atoms with Crippen molar-refractivity contribution in [3.05, 3.63) is 152 Å². The van der Waals surface area contributed by atoms with Crippen LogP contribution in [0.3, 0.4) is 0 Å². The molecule has 0 N–H and O–H groups in total. The van der Waals surface area contributed by atoms with Gasteiger partial charge in [0.15, 0.2) is 0 Å². The highest BCUT2D eigenvalue weighted by molar-refractivity contribution is 6.14.